The van der Waals surface area contributed by atoms with Crippen molar-refractivity contribution in [2.75, 3.05) is 5.75 Å². The number of carboxylic acid groups (broad SMARTS) is 1. The van der Waals surface area contributed by atoms with Crippen LogP contribution in [0.5, 0.6) is 0 Å². The van der Waals surface area contributed by atoms with Gasteiger partial charge < -0.3 is 21.5 Å². The van der Waals surface area contributed by atoms with Crippen LogP contribution in [-0.4, -0.2) is 51.4 Å². The Labute approximate surface area is 169 Å². The summed E-state index contributed by atoms with van der Waals surface area (Å²) in [5, 5.41) is 14.2. The lowest BCUT2D eigenvalue weighted by molar-refractivity contribution is -0.137. The van der Waals surface area contributed by atoms with Crippen LogP contribution in [0.25, 0.3) is 0 Å². The molecule has 3 atom stereocenters. The molecular formula is C19H31N3O5S. The van der Waals surface area contributed by atoms with Crippen molar-refractivity contribution < 1.29 is 24.3 Å². The summed E-state index contributed by atoms with van der Waals surface area (Å²) in [4.78, 5) is 46.1. The first-order valence-corrected chi connectivity index (χ1v) is 11.1. The van der Waals surface area contributed by atoms with Gasteiger partial charge in [0.1, 0.15) is 10.5 Å². The van der Waals surface area contributed by atoms with E-state index in [0.29, 0.717) is 37.9 Å². The first kappa shape index (κ1) is 22.5. The predicted molar refractivity (Wildman–Crippen MR) is 107 cm³/mol. The fourth-order valence-electron chi connectivity index (χ4n) is 3.98. The molecule has 0 aliphatic carbocycles. The number of unbranched alkanes of at least 4 members (excludes halogenated alkanes) is 5. The number of aliphatic carboxylic acids is 1. The van der Waals surface area contributed by atoms with Gasteiger partial charge in [-0.2, -0.15) is 0 Å². The second-order valence-electron chi connectivity index (χ2n) is 7.67. The monoisotopic (exact) mass is 413 g/mol. The number of ketones is 1. The third kappa shape index (κ3) is 6.12. The van der Waals surface area contributed by atoms with Gasteiger partial charge in [0.25, 0.3) is 0 Å². The number of carbonyl (C=O) groups excluding carboxylic acids is 3. The maximum atomic E-state index is 12.1. The van der Waals surface area contributed by atoms with E-state index in [-0.39, 0.29) is 30.3 Å². The Morgan fingerprint density at radius 3 is 2.25 bits per heavy atom. The number of hydrogen-bond acceptors (Lipinski definition) is 5. The van der Waals surface area contributed by atoms with E-state index in [2.05, 4.69) is 10.6 Å². The lowest BCUT2D eigenvalue weighted by Crippen LogP contribution is -2.54. The molecule has 2 saturated heterocycles. The van der Waals surface area contributed by atoms with E-state index >= 15 is 0 Å². The molecular weight excluding hydrogens is 382 g/mol. The molecule has 2 aliphatic heterocycles. The van der Waals surface area contributed by atoms with E-state index < -0.39 is 16.6 Å². The van der Waals surface area contributed by atoms with E-state index in [1.165, 1.54) is 11.8 Å². The van der Waals surface area contributed by atoms with E-state index in [0.717, 1.165) is 32.1 Å². The Hall–Kier alpha value is -1.77. The quantitative estimate of drug-likeness (QED) is 0.254. The third-order valence-corrected chi connectivity index (χ3v) is 7.25. The SMILES string of the molecule is NC(=O)[C@@]1(CCCCC(=O)CCCCCCCC(=O)O)SC[C@@H]2NC(=O)N[C@@H]21. The summed E-state index contributed by atoms with van der Waals surface area (Å²) >= 11 is 1.50. The highest BCUT2D eigenvalue weighted by Crippen LogP contribution is 2.43. The van der Waals surface area contributed by atoms with Crippen LogP contribution >= 0.6 is 11.8 Å². The topological polar surface area (TPSA) is 139 Å². The Morgan fingerprint density at radius 2 is 1.61 bits per heavy atom. The first-order chi connectivity index (χ1) is 13.3. The molecule has 28 heavy (non-hydrogen) atoms. The Kier molecular flexibility index (Phi) is 8.59. The van der Waals surface area contributed by atoms with Gasteiger partial charge >= 0.3 is 12.0 Å². The smallest absolute Gasteiger partial charge is 0.315 e. The van der Waals surface area contributed by atoms with Gasteiger partial charge in [-0.1, -0.05) is 25.7 Å². The van der Waals surface area contributed by atoms with Crippen LogP contribution < -0.4 is 16.4 Å². The number of carboxylic acids is 1. The van der Waals surface area contributed by atoms with Crippen molar-refractivity contribution in [2.45, 2.75) is 87.5 Å². The summed E-state index contributed by atoms with van der Waals surface area (Å²) in [6, 6.07) is -0.597. The molecule has 0 spiro atoms. The van der Waals surface area contributed by atoms with Gasteiger partial charge in [0.2, 0.25) is 5.91 Å². The van der Waals surface area contributed by atoms with E-state index in [1.807, 2.05) is 0 Å². The molecule has 0 bridgehead atoms. The molecule has 3 amide bonds. The molecule has 0 saturated carbocycles. The molecule has 0 radical (unpaired) electrons. The van der Waals surface area contributed by atoms with Crippen LogP contribution in [0.2, 0.25) is 0 Å². The van der Waals surface area contributed by atoms with Gasteiger partial charge in [-0.25, -0.2) is 4.79 Å². The van der Waals surface area contributed by atoms with Crippen molar-refractivity contribution in [2.24, 2.45) is 5.73 Å². The van der Waals surface area contributed by atoms with Crippen LogP contribution in [0.4, 0.5) is 4.79 Å². The summed E-state index contributed by atoms with van der Waals surface area (Å²) in [5.74, 6) is -0.265. The van der Waals surface area contributed by atoms with Crippen molar-refractivity contribution in [1.29, 1.82) is 0 Å². The summed E-state index contributed by atoms with van der Waals surface area (Å²) in [6.45, 7) is 0. The lowest BCUT2D eigenvalue weighted by atomic mass is 9.88. The van der Waals surface area contributed by atoms with Crippen molar-refractivity contribution in [3.8, 4) is 0 Å². The number of thioether (sulfide) groups is 1. The number of carbonyl (C=O) groups is 4. The van der Waals surface area contributed by atoms with Crippen LogP contribution in [0.1, 0.15) is 70.6 Å². The molecule has 2 fully saturated rings. The summed E-state index contributed by atoms with van der Waals surface area (Å²) in [7, 11) is 0. The Balaban J connectivity index is 1.59. The van der Waals surface area contributed by atoms with Crippen molar-refractivity contribution in [3.05, 3.63) is 0 Å². The zero-order valence-corrected chi connectivity index (χ0v) is 17.0. The molecule has 2 heterocycles. The Morgan fingerprint density at radius 1 is 1.00 bits per heavy atom. The minimum atomic E-state index is -0.789. The molecule has 0 aromatic carbocycles. The van der Waals surface area contributed by atoms with Crippen molar-refractivity contribution >= 4 is 35.5 Å². The fraction of sp³-hybridized carbons (Fsp3) is 0.789. The maximum Gasteiger partial charge on any atom is 0.315 e. The zero-order chi connectivity index (χ0) is 20.6. The number of urea groups is 1. The number of rotatable bonds is 14. The van der Waals surface area contributed by atoms with Crippen LogP contribution in [-0.2, 0) is 14.4 Å². The maximum absolute atomic E-state index is 12.1. The predicted octanol–water partition coefficient (Wildman–Crippen LogP) is 1.95. The average molecular weight is 414 g/mol. The number of hydrogen-bond donors (Lipinski definition) is 4. The molecule has 9 heteroatoms. The number of fused-ring (bicyclic) bond motifs is 1. The second-order valence-corrected chi connectivity index (χ2v) is 9.02. The largest absolute Gasteiger partial charge is 0.481 e. The average Bonchev–Trinajstić information content (AvgIpc) is 3.16. The van der Waals surface area contributed by atoms with Gasteiger partial charge in [-0.05, 0) is 25.7 Å². The van der Waals surface area contributed by atoms with E-state index in [1.54, 1.807) is 0 Å². The van der Waals surface area contributed by atoms with Gasteiger partial charge in [0.05, 0.1) is 12.1 Å². The van der Waals surface area contributed by atoms with E-state index in [9.17, 15) is 19.2 Å². The number of primary amides is 1. The Bertz CT molecular complexity index is 600. The third-order valence-electron chi connectivity index (χ3n) is 5.55. The standard InChI is InChI=1S/C19H31N3O5S/c20-17(26)19(16-14(12-28-19)21-18(27)22-16)11-7-6-9-13(23)8-4-2-1-3-5-10-15(24)25/h14,16H,1-12H2,(H2,20,26)(H,24,25)(H2,21,22,27)/t14-,16-,19-/m0/s1. The molecule has 0 aromatic rings. The molecule has 2 aliphatic rings. The summed E-state index contributed by atoms with van der Waals surface area (Å²) < 4.78 is -0.789. The fourth-order valence-corrected chi connectivity index (χ4v) is 5.57. The minimum Gasteiger partial charge on any atom is -0.481 e. The van der Waals surface area contributed by atoms with Crippen molar-refractivity contribution in [3.63, 3.8) is 0 Å². The highest BCUT2D eigenvalue weighted by molar-refractivity contribution is 8.01. The van der Waals surface area contributed by atoms with Gasteiger partial charge in [0, 0.05) is 25.0 Å². The minimum absolute atomic E-state index is 0.0675. The first-order valence-electron chi connectivity index (χ1n) is 10.1. The number of nitrogens with one attached hydrogen (secondary N) is 2. The van der Waals surface area contributed by atoms with Gasteiger partial charge in [-0.15, -0.1) is 11.8 Å². The van der Waals surface area contributed by atoms with Crippen molar-refractivity contribution in [1.82, 2.24) is 10.6 Å². The van der Waals surface area contributed by atoms with Crippen LogP contribution in [0, 0.1) is 0 Å². The van der Waals surface area contributed by atoms with Gasteiger partial charge in [-0.3, -0.25) is 14.4 Å². The molecule has 2 rings (SSSR count). The number of nitrogens with two attached hydrogens (primary N) is 1. The number of Topliss-reactive ketones (excluding diaryl/α,β-unsaturated/α-hetero) is 1. The highest BCUT2D eigenvalue weighted by Gasteiger charge is 2.56. The zero-order valence-electron chi connectivity index (χ0n) is 16.2. The summed E-state index contributed by atoms with van der Waals surface area (Å²) in [6.07, 6.45) is 7.59. The van der Waals surface area contributed by atoms with Crippen LogP contribution in [0.15, 0.2) is 0 Å². The molecule has 158 valence electrons. The normalized spacial score (nSPS) is 25.8. The van der Waals surface area contributed by atoms with Crippen LogP contribution in [0.3, 0.4) is 0 Å². The lowest BCUT2D eigenvalue weighted by Gasteiger charge is -2.30. The molecule has 0 unspecified atom stereocenters. The second kappa shape index (κ2) is 10.7. The highest BCUT2D eigenvalue weighted by atomic mass is 32.2. The molecule has 0 aromatic heterocycles. The number of amides is 3. The summed E-state index contributed by atoms with van der Waals surface area (Å²) in [5.41, 5.74) is 5.67. The van der Waals surface area contributed by atoms with E-state index in [4.69, 9.17) is 10.8 Å². The van der Waals surface area contributed by atoms with Gasteiger partial charge in [0.15, 0.2) is 0 Å². The molecule has 8 nitrogen and oxygen atoms in total. The molecule has 5 N–H and O–H groups in total.